The molecule has 0 radical (unpaired) electrons. The maximum atomic E-state index is 13.5. The lowest BCUT2D eigenvalue weighted by Crippen LogP contribution is -2.51. The summed E-state index contributed by atoms with van der Waals surface area (Å²) < 4.78 is 0. The number of rotatable bonds is 9. The summed E-state index contributed by atoms with van der Waals surface area (Å²) in [6, 6.07) is 19.8. The lowest BCUT2D eigenvalue weighted by atomic mass is 10.0. The van der Waals surface area contributed by atoms with Gasteiger partial charge >= 0.3 is 0 Å². The van der Waals surface area contributed by atoms with Gasteiger partial charge in [0.1, 0.15) is 19.3 Å². The Morgan fingerprint density at radius 1 is 1.08 bits per heavy atom. The first-order valence-corrected chi connectivity index (χ1v) is 12.2. The second-order valence-electron chi connectivity index (χ2n) is 9.03. The van der Waals surface area contributed by atoms with Crippen molar-refractivity contribution in [3.05, 3.63) is 100 Å². The van der Waals surface area contributed by atoms with Gasteiger partial charge in [0.05, 0.1) is 29.8 Å². The van der Waals surface area contributed by atoms with Crippen LogP contribution in [0.15, 0.2) is 84.0 Å². The molecule has 0 bridgehead atoms. The maximum Gasteiger partial charge on any atom is 0.269 e. The minimum atomic E-state index is -1.34. The van der Waals surface area contributed by atoms with Gasteiger partial charge in [-0.25, -0.2) is 0 Å². The molecule has 1 aliphatic heterocycles. The molecule has 4 rings (SSSR count). The monoisotopic (exact) mass is 532 g/mol. The van der Waals surface area contributed by atoms with E-state index in [2.05, 4.69) is 10.5 Å². The minimum Gasteiger partial charge on any atom is -0.399 e. The third kappa shape index (κ3) is 6.28. The van der Waals surface area contributed by atoms with Crippen LogP contribution in [0, 0.1) is 10.1 Å². The Bertz CT molecular complexity index is 1340. The number of likely N-dealkylation sites (tertiary alicyclic amines) is 1. The standard InChI is InChI=1S/C28H28N4O7/c1-39-30-22-15-25(27(35)29-24(17-33)26(34)20-11-13-23(14-12-20)32(37)38)31(16-22)28(36)21-9-7-19(8-10-21)18-5-3-2-4-6-18/h2-14,24-26,33-34H,15-17H2,1H3,(H,29,35)/t24-,25?,26-/m0/s1. The van der Waals surface area contributed by atoms with Crippen LogP contribution in [0.4, 0.5) is 5.69 Å². The first-order chi connectivity index (χ1) is 18.8. The molecule has 1 heterocycles. The minimum absolute atomic E-state index is 0.0693. The van der Waals surface area contributed by atoms with E-state index in [-0.39, 0.29) is 30.1 Å². The van der Waals surface area contributed by atoms with Crippen LogP contribution in [0.3, 0.4) is 0 Å². The van der Waals surface area contributed by atoms with Crippen molar-refractivity contribution in [2.75, 3.05) is 20.3 Å². The van der Waals surface area contributed by atoms with Crippen molar-refractivity contribution in [1.29, 1.82) is 0 Å². The van der Waals surface area contributed by atoms with E-state index in [1.807, 2.05) is 42.5 Å². The third-order valence-corrected chi connectivity index (χ3v) is 6.53. The predicted octanol–water partition coefficient (Wildman–Crippen LogP) is 2.69. The van der Waals surface area contributed by atoms with Crippen molar-refractivity contribution < 1.29 is 29.6 Å². The summed E-state index contributed by atoms with van der Waals surface area (Å²) in [5.74, 6) is -0.974. The Morgan fingerprint density at radius 3 is 2.31 bits per heavy atom. The molecule has 3 N–H and O–H groups in total. The number of carbonyl (C=O) groups excluding carboxylic acids is 2. The van der Waals surface area contributed by atoms with Gasteiger partial charge in [-0.2, -0.15) is 0 Å². The molecule has 0 aromatic heterocycles. The number of non-ortho nitro benzene ring substituents is 1. The Kier molecular flexibility index (Phi) is 8.64. The highest BCUT2D eigenvalue weighted by Gasteiger charge is 2.39. The number of nitrogens with zero attached hydrogens (tertiary/aromatic N) is 3. The molecule has 1 fully saturated rings. The number of hydrogen-bond acceptors (Lipinski definition) is 8. The number of hydrogen-bond donors (Lipinski definition) is 3. The first-order valence-electron chi connectivity index (χ1n) is 12.2. The molecule has 2 amide bonds. The molecule has 0 saturated carbocycles. The normalized spacial score (nSPS) is 17.5. The zero-order chi connectivity index (χ0) is 27.9. The van der Waals surface area contributed by atoms with E-state index in [1.54, 1.807) is 12.1 Å². The van der Waals surface area contributed by atoms with Crippen LogP contribution in [-0.2, 0) is 9.63 Å². The van der Waals surface area contributed by atoms with E-state index < -0.39 is 35.6 Å². The van der Waals surface area contributed by atoms with E-state index in [9.17, 15) is 29.9 Å². The molecule has 1 aliphatic rings. The summed E-state index contributed by atoms with van der Waals surface area (Å²) >= 11 is 0. The number of carbonyl (C=O) groups is 2. The Balaban J connectivity index is 1.51. The summed E-state index contributed by atoms with van der Waals surface area (Å²) in [7, 11) is 1.37. The van der Waals surface area contributed by atoms with Gasteiger partial charge in [-0.15, -0.1) is 0 Å². The fourth-order valence-electron chi connectivity index (χ4n) is 4.48. The number of nitro benzene ring substituents is 1. The quantitative estimate of drug-likeness (QED) is 0.283. The van der Waals surface area contributed by atoms with Crippen LogP contribution in [0.2, 0.25) is 0 Å². The molecule has 11 nitrogen and oxygen atoms in total. The van der Waals surface area contributed by atoms with E-state index in [0.717, 1.165) is 11.1 Å². The molecule has 0 spiro atoms. The lowest BCUT2D eigenvalue weighted by Gasteiger charge is -2.27. The van der Waals surface area contributed by atoms with Crippen molar-refractivity contribution in [2.45, 2.75) is 24.6 Å². The highest BCUT2D eigenvalue weighted by Crippen LogP contribution is 2.25. The number of oxime groups is 1. The highest BCUT2D eigenvalue weighted by atomic mass is 16.6. The Hall–Kier alpha value is -4.61. The van der Waals surface area contributed by atoms with Crippen LogP contribution < -0.4 is 5.32 Å². The van der Waals surface area contributed by atoms with E-state index in [0.29, 0.717) is 11.3 Å². The zero-order valence-electron chi connectivity index (χ0n) is 21.1. The molecule has 0 aliphatic carbocycles. The van der Waals surface area contributed by atoms with Gasteiger partial charge in [0.15, 0.2) is 0 Å². The molecule has 39 heavy (non-hydrogen) atoms. The summed E-state index contributed by atoms with van der Waals surface area (Å²) in [5.41, 5.74) is 2.94. The number of amides is 2. The lowest BCUT2D eigenvalue weighted by molar-refractivity contribution is -0.384. The van der Waals surface area contributed by atoms with E-state index in [4.69, 9.17) is 4.84 Å². The third-order valence-electron chi connectivity index (χ3n) is 6.53. The second kappa shape index (κ2) is 12.3. The van der Waals surface area contributed by atoms with Crippen molar-refractivity contribution in [3.63, 3.8) is 0 Å². The van der Waals surface area contributed by atoms with Crippen molar-refractivity contribution in [2.24, 2.45) is 5.16 Å². The van der Waals surface area contributed by atoms with Gasteiger partial charge in [-0.05, 0) is 41.0 Å². The van der Waals surface area contributed by atoms with Crippen LogP contribution in [0.25, 0.3) is 11.1 Å². The number of aliphatic hydroxyl groups is 2. The van der Waals surface area contributed by atoms with Gasteiger partial charge < -0.3 is 25.3 Å². The summed E-state index contributed by atoms with van der Waals surface area (Å²) in [4.78, 5) is 43.3. The molecule has 3 aromatic carbocycles. The predicted molar refractivity (Wildman–Crippen MR) is 143 cm³/mol. The molecule has 202 valence electrons. The second-order valence-corrected chi connectivity index (χ2v) is 9.03. The maximum absolute atomic E-state index is 13.5. The van der Waals surface area contributed by atoms with Gasteiger partial charge in [-0.1, -0.05) is 47.6 Å². The molecular weight excluding hydrogens is 504 g/mol. The van der Waals surface area contributed by atoms with E-state index >= 15 is 0 Å². The SMILES string of the molecule is CON=C1CC(C(=O)N[C@@H](CO)[C@@H](O)c2ccc([N+](=O)[O-])cc2)N(C(=O)c2ccc(-c3ccccc3)cc2)C1. The molecule has 1 unspecified atom stereocenters. The molecule has 3 atom stereocenters. The smallest absolute Gasteiger partial charge is 0.269 e. The zero-order valence-corrected chi connectivity index (χ0v) is 21.1. The first kappa shape index (κ1) is 27.4. The van der Waals surface area contributed by atoms with Crippen LogP contribution in [0.1, 0.15) is 28.4 Å². The highest BCUT2D eigenvalue weighted by molar-refractivity contribution is 6.05. The fourth-order valence-corrected chi connectivity index (χ4v) is 4.48. The van der Waals surface area contributed by atoms with Crippen molar-refractivity contribution in [1.82, 2.24) is 10.2 Å². The summed E-state index contributed by atoms with van der Waals surface area (Å²) in [6.07, 6.45) is -1.23. The van der Waals surface area contributed by atoms with Crippen molar-refractivity contribution >= 4 is 23.2 Å². The number of nitro groups is 1. The van der Waals surface area contributed by atoms with Crippen LogP contribution in [-0.4, -0.2) is 69.9 Å². The number of aliphatic hydroxyl groups excluding tert-OH is 2. The topological polar surface area (TPSA) is 155 Å². The van der Waals surface area contributed by atoms with Crippen molar-refractivity contribution in [3.8, 4) is 11.1 Å². The van der Waals surface area contributed by atoms with Gasteiger partial charge in [-0.3, -0.25) is 19.7 Å². The Morgan fingerprint density at radius 2 is 1.72 bits per heavy atom. The largest absolute Gasteiger partial charge is 0.399 e. The molecular formula is C28H28N4O7. The van der Waals surface area contributed by atoms with Gasteiger partial charge in [0.2, 0.25) is 5.91 Å². The van der Waals surface area contributed by atoms with Gasteiger partial charge in [0.25, 0.3) is 11.6 Å². The number of benzene rings is 3. The summed E-state index contributed by atoms with van der Waals surface area (Å²) in [5, 5.41) is 38.1. The fraction of sp³-hybridized carbons (Fsp3) is 0.250. The summed E-state index contributed by atoms with van der Waals surface area (Å²) in [6.45, 7) is -0.537. The van der Waals surface area contributed by atoms with E-state index in [1.165, 1.54) is 36.3 Å². The number of nitrogens with one attached hydrogen (secondary N) is 1. The van der Waals surface area contributed by atoms with Crippen LogP contribution >= 0.6 is 0 Å². The average Bonchev–Trinajstić information content (AvgIpc) is 3.40. The van der Waals surface area contributed by atoms with Crippen LogP contribution in [0.5, 0.6) is 0 Å². The Labute approximate surface area is 224 Å². The molecule has 3 aromatic rings. The molecule has 11 heteroatoms. The average molecular weight is 533 g/mol. The van der Waals surface area contributed by atoms with Gasteiger partial charge in [0, 0.05) is 24.1 Å². The molecule has 1 saturated heterocycles.